The van der Waals surface area contributed by atoms with Crippen LogP contribution in [0.4, 0.5) is 16.2 Å². The maximum Gasteiger partial charge on any atom is 0.334 e. The molecule has 3 aliphatic rings. The van der Waals surface area contributed by atoms with E-state index in [1.807, 2.05) is 13.8 Å². The molecule has 9 nitrogen and oxygen atoms in total. The molecule has 2 aromatic rings. The van der Waals surface area contributed by atoms with Gasteiger partial charge in [-0.1, -0.05) is 6.07 Å². The largest absolute Gasteiger partial charge is 0.375 e. The third-order valence-electron chi connectivity index (χ3n) is 7.14. The number of aryl methyl sites for hydroxylation is 3. The number of nitrogens with zero attached hydrogens (tertiary/aromatic N) is 3. The Hall–Kier alpha value is -2.59. The maximum atomic E-state index is 13.6. The Morgan fingerprint density at radius 1 is 1.18 bits per heavy atom. The Balaban J connectivity index is 1.42. The Labute approximate surface area is 201 Å². The van der Waals surface area contributed by atoms with Crippen molar-refractivity contribution >= 4 is 27.6 Å². The zero-order valence-corrected chi connectivity index (χ0v) is 20.9. The van der Waals surface area contributed by atoms with Crippen LogP contribution in [0.3, 0.4) is 0 Å². The number of carbonyl (C=O) groups excluding carboxylic acids is 1. The van der Waals surface area contributed by atoms with Gasteiger partial charge in [0.2, 0.25) is 0 Å². The zero-order chi connectivity index (χ0) is 24.1. The minimum absolute atomic E-state index is 0.358. The number of benzene rings is 1. The van der Waals surface area contributed by atoms with E-state index in [9.17, 15) is 13.2 Å². The van der Waals surface area contributed by atoms with Gasteiger partial charge < -0.3 is 10.1 Å². The van der Waals surface area contributed by atoms with Gasteiger partial charge in [0.15, 0.2) is 0 Å². The fourth-order valence-corrected chi connectivity index (χ4v) is 7.07. The molecular formula is C24H33N5O4S. The van der Waals surface area contributed by atoms with E-state index in [2.05, 4.69) is 21.2 Å². The van der Waals surface area contributed by atoms with Crippen molar-refractivity contribution in [3.8, 4) is 0 Å². The molecule has 0 radical (unpaired) electrons. The van der Waals surface area contributed by atoms with Gasteiger partial charge in [-0.2, -0.15) is 13.5 Å². The highest BCUT2D eigenvalue weighted by Crippen LogP contribution is 2.38. The molecule has 34 heavy (non-hydrogen) atoms. The summed E-state index contributed by atoms with van der Waals surface area (Å²) < 4.78 is 38.1. The zero-order valence-electron chi connectivity index (χ0n) is 20.1. The molecule has 5 rings (SSSR count). The van der Waals surface area contributed by atoms with E-state index in [1.54, 1.807) is 17.9 Å². The standard InChI is InChI=1S/C24H33N5O4S/c1-24(2)13-18(10-11-33-24)29(19-14-25-28(3)15-19)34(31,32)27-23(30)26-22-20-8-4-6-16(20)12-17-7-5-9-21(17)22/h12,14-15,18H,4-11,13H2,1-3H3,(H2,26,27,30). The molecule has 2 heterocycles. The van der Waals surface area contributed by atoms with E-state index < -0.39 is 21.8 Å². The molecule has 1 saturated heterocycles. The van der Waals surface area contributed by atoms with Crippen LogP contribution in [0, 0.1) is 0 Å². The molecule has 0 bridgehead atoms. The molecular weight excluding hydrogens is 454 g/mol. The van der Waals surface area contributed by atoms with Gasteiger partial charge in [-0.05, 0) is 87.5 Å². The average molecular weight is 488 g/mol. The number of hydrogen-bond donors (Lipinski definition) is 2. The molecule has 1 atom stereocenters. The van der Waals surface area contributed by atoms with E-state index >= 15 is 0 Å². The third-order valence-corrected chi connectivity index (χ3v) is 8.61. The molecule has 10 heteroatoms. The van der Waals surface area contributed by atoms with Crippen molar-refractivity contribution in [1.82, 2.24) is 14.5 Å². The highest BCUT2D eigenvalue weighted by molar-refractivity contribution is 7.91. The van der Waals surface area contributed by atoms with Gasteiger partial charge in [0.1, 0.15) is 0 Å². The predicted octanol–water partition coefficient (Wildman–Crippen LogP) is 3.23. The quantitative estimate of drug-likeness (QED) is 0.674. The Morgan fingerprint density at radius 3 is 2.44 bits per heavy atom. The van der Waals surface area contributed by atoms with Crippen LogP contribution < -0.4 is 14.3 Å². The fraction of sp³-hybridized carbons (Fsp3) is 0.583. The summed E-state index contributed by atoms with van der Waals surface area (Å²) in [6.07, 6.45) is 10.1. The van der Waals surface area contributed by atoms with E-state index in [1.165, 1.54) is 21.6 Å². The second kappa shape index (κ2) is 8.57. The van der Waals surface area contributed by atoms with Crippen molar-refractivity contribution < 1.29 is 17.9 Å². The van der Waals surface area contributed by atoms with Crippen LogP contribution >= 0.6 is 0 Å². The average Bonchev–Trinajstić information content (AvgIpc) is 3.47. The van der Waals surface area contributed by atoms with Crippen molar-refractivity contribution in [3.05, 3.63) is 40.7 Å². The van der Waals surface area contributed by atoms with Crippen LogP contribution in [0.2, 0.25) is 0 Å². The van der Waals surface area contributed by atoms with Crippen LogP contribution in [0.15, 0.2) is 18.5 Å². The first kappa shape index (κ1) is 23.2. The van der Waals surface area contributed by atoms with Gasteiger partial charge in [-0.15, -0.1) is 0 Å². The molecule has 1 aromatic heterocycles. The summed E-state index contributed by atoms with van der Waals surface area (Å²) in [6.45, 7) is 4.34. The number of carbonyl (C=O) groups is 1. The summed E-state index contributed by atoms with van der Waals surface area (Å²) >= 11 is 0. The number of hydrogen-bond acceptors (Lipinski definition) is 5. The van der Waals surface area contributed by atoms with Crippen molar-refractivity contribution in [2.45, 2.75) is 76.9 Å². The van der Waals surface area contributed by atoms with Gasteiger partial charge in [0.25, 0.3) is 0 Å². The molecule has 1 aromatic carbocycles. The van der Waals surface area contributed by atoms with Gasteiger partial charge in [-0.3, -0.25) is 4.68 Å². The molecule has 2 aliphatic carbocycles. The number of ether oxygens (including phenoxy) is 1. The van der Waals surface area contributed by atoms with Gasteiger partial charge in [0, 0.05) is 25.5 Å². The number of aromatic nitrogens is 2. The first-order valence-electron chi connectivity index (χ1n) is 12.1. The Morgan fingerprint density at radius 2 is 1.85 bits per heavy atom. The topological polar surface area (TPSA) is 106 Å². The predicted molar refractivity (Wildman–Crippen MR) is 130 cm³/mol. The lowest BCUT2D eigenvalue weighted by Gasteiger charge is -2.40. The van der Waals surface area contributed by atoms with Crippen LogP contribution in [0.25, 0.3) is 0 Å². The fourth-order valence-electron chi connectivity index (χ4n) is 5.74. The van der Waals surface area contributed by atoms with Crippen LogP contribution in [-0.2, 0) is 47.7 Å². The molecule has 0 saturated carbocycles. The molecule has 0 spiro atoms. The van der Waals surface area contributed by atoms with E-state index in [-0.39, 0.29) is 6.04 Å². The number of urea groups is 1. The first-order valence-corrected chi connectivity index (χ1v) is 13.5. The Kier molecular flexibility index (Phi) is 5.84. The summed E-state index contributed by atoms with van der Waals surface area (Å²) in [5.74, 6) is 0. The van der Waals surface area contributed by atoms with Crippen molar-refractivity contribution in [2.24, 2.45) is 7.05 Å². The maximum absolute atomic E-state index is 13.6. The first-order chi connectivity index (χ1) is 16.1. The summed E-state index contributed by atoms with van der Waals surface area (Å²) in [5.41, 5.74) is 5.64. The summed E-state index contributed by atoms with van der Waals surface area (Å²) in [5, 5.41) is 7.09. The summed E-state index contributed by atoms with van der Waals surface area (Å²) in [4.78, 5) is 13.1. The molecule has 2 N–H and O–H groups in total. The number of anilines is 2. The van der Waals surface area contributed by atoms with E-state index in [0.717, 1.165) is 55.3 Å². The van der Waals surface area contributed by atoms with E-state index in [4.69, 9.17) is 4.74 Å². The number of nitrogens with one attached hydrogen (secondary N) is 2. The van der Waals surface area contributed by atoms with Gasteiger partial charge in [0.05, 0.1) is 23.5 Å². The van der Waals surface area contributed by atoms with Crippen molar-refractivity contribution in [3.63, 3.8) is 0 Å². The summed E-state index contributed by atoms with van der Waals surface area (Å²) in [7, 11) is -2.46. The van der Waals surface area contributed by atoms with Gasteiger partial charge in [-0.25, -0.2) is 13.8 Å². The second-order valence-electron chi connectivity index (χ2n) is 10.2. The normalized spacial score (nSPS) is 21.1. The highest BCUT2D eigenvalue weighted by atomic mass is 32.2. The SMILES string of the molecule is Cn1cc(N(C2CCOC(C)(C)C2)S(=O)(=O)NC(=O)Nc2c3c(cc4c2CCC4)CCC3)cn1. The van der Waals surface area contributed by atoms with Crippen molar-refractivity contribution in [1.29, 1.82) is 0 Å². The molecule has 1 unspecified atom stereocenters. The highest BCUT2D eigenvalue weighted by Gasteiger charge is 2.39. The lowest BCUT2D eigenvalue weighted by Crippen LogP contribution is -2.53. The molecule has 1 fully saturated rings. The lowest BCUT2D eigenvalue weighted by molar-refractivity contribution is -0.0571. The number of rotatable bonds is 5. The van der Waals surface area contributed by atoms with Crippen LogP contribution in [0.1, 0.15) is 61.8 Å². The summed E-state index contributed by atoms with van der Waals surface area (Å²) in [6, 6.07) is 1.19. The van der Waals surface area contributed by atoms with Crippen molar-refractivity contribution in [2.75, 3.05) is 16.2 Å². The minimum Gasteiger partial charge on any atom is -0.375 e. The number of fused-ring (bicyclic) bond motifs is 2. The lowest BCUT2D eigenvalue weighted by atomic mass is 9.94. The van der Waals surface area contributed by atoms with Gasteiger partial charge >= 0.3 is 16.2 Å². The minimum atomic E-state index is -4.20. The van der Waals surface area contributed by atoms with Crippen LogP contribution in [0.5, 0.6) is 0 Å². The second-order valence-corrected chi connectivity index (χ2v) is 11.8. The smallest absolute Gasteiger partial charge is 0.334 e. The molecule has 184 valence electrons. The van der Waals surface area contributed by atoms with Crippen LogP contribution in [-0.4, -0.2) is 42.5 Å². The van der Waals surface area contributed by atoms with E-state index in [0.29, 0.717) is 25.1 Å². The molecule has 1 aliphatic heterocycles. The third kappa shape index (κ3) is 4.40. The monoisotopic (exact) mass is 487 g/mol. The number of amides is 2. The Bertz CT molecular complexity index is 1190. The molecule has 2 amide bonds.